The molecular weight excluding hydrogens is 343 g/mol. The zero-order valence-electron chi connectivity index (χ0n) is 14.2. The maximum absolute atomic E-state index is 13.4. The number of benzene rings is 2. The molecule has 0 aliphatic heterocycles. The molecule has 0 unspecified atom stereocenters. The lowest BCUT2D eigenvalue weighted by Crippen LogP contribution is -2.34. The van der Waals surface area contributed by atoms with Gasteiger partial charge in [0.15, 0.2) is 0 Å². The summed E-state index contributed by atoms with van der Waals surface area (Å²) >= 11 is 0. The molecule has 136 valence electrons. The fourth-order valence-electron chi connectivity index (χ4n) is 2.87. The van der Waals surface area contributed by atoms with Gasteiger partial charge in [0, 0.05) is 13.1 Å². The van der Waals surface area contributed by atoms with E-state index in [2.05, 4.69) is 4.98 Å². The van der Waals surface area contributed by atoms with Gasteiger partial charge in [0.2, 0.25) is 11.7 Å². The highest BCUT2D eigenvalue weighted by Crippen LogP contribution is 2.31. The van der Waals surface area contributed by atoms with E-state index in [1.165, 1.54) is 11.0 Å². The van der Waals surface area contributed by atoms with Gasteiger partial charge in [-0.15, -0.1) is 0 Å². The largest absolute Gasteiger partial charge is 0.449 e. The van der Waals surface area contributed by atoms with Gasteiger partial charge in [-0.05, 0) is 24.6 Å². The van der Waals surface area contributed by atoms with E-state index in [9.17, 15) is 18.0 Å². The summed E-state index contributed by atoms with van der Waals surface area (Å²) in [4.78, 5) is 17.9. The van der Waals surface area contributed by atoms with Crippen LogP contribution in [-0.4, -0.2) is 26.9 Å². The predicted octanol–water partition coefficient (Wildman–Crippen LogP) is 4.10. The molecule has 0 saturated heterocycles. The van der Waals surface area contributed by atoms with Gasteiger partial charge in [-0.2, -0.15) is 13.2 Å². The van der Waals surface area contributed by atoms with E-state index in [0.717, 1.165) is 10.1 Å². The number of carbonyl (C=O) groups is 1. The van der Waals surface area contributed by atoms with E-state index in [4.69, 9.17) is 0 Å². The van der Waals surface area contributed by atoms with E-state index in [-0.39, 0.29) is 11.4 Å². The molecule has 0 saturated carbocycles. The minimum absolute atomic E-state index is 0.221. The van der Waals surface area contributed by atoms with Crippen LogP contribution < -0.4 is 0 Å². The van der Waals surface area contributed by atoms with E-state index in [0.29, 0.717) is 18.6 Å². The fourth-order valence-corrected chi connectivity index (χ4v) is 2.87. The number of hydrogen-bond donors (Lipinski definition) is 0. The lowest BCUT2D eigenvalue weighted by Gasteiger charge is -2.22. The summed E-state index contributed by atoms with van der Waals surface area (Å²) in [6, 6.07) is 15.6. The van der Waals surface area contributed by atoms with Gasteiger partial charge >= 0.3 is 6.18 Å². The van der Waals surface area contributed by atoms with Crippen LogP contribution in [0.25, 0.3) is 11.0 Å². The minimum atomic E-state index is -4.63. The SMILES string of the molecule is CCN(Cc1ccccc1)C(=O)Cn1c(C(F)(F)F)nc2ccccc21. The number of alkyl halides is 3. The molecule has 7 heteroatoms. The quantitative estimate of drug-likeness (QED) is 0.686. The van der Waals surface area contributed by atoms with Crippen molar-refractivity contribution in [2.75, 3.05) is 6.54 Å². The van der Waals surface area contributed by atoms with Crippen LogP contribution in [-0.2, 0) is 24.1 Å². The number of aromatic nitrogens is 2. The summed E-state index contributed by atoms with van der Waals surface area (Å²) in [7, 11) is 0. The van der Waals surface area contributed by atoms with Crippen molar-refractivity contribution in [2.45, 2.75) is 26.2 Å². The highest BCUT2D eigenvalue weighted by Gasteiger charge is 2.38. The van der Waals surface area contributed by atoms with Gasteiger partial charge < -0.3 is 9.47 Å². The highest BCUT2D eigenvalue weighted by atomic mass is 19.4. The molecule has 0 atom stereocenters. The Morgan fingerprint density at radius 3 is 2.38 bits per heavy atom. The molecule has 3 rings (SSSR count). The Morgan fingerprint density at radius 1 is 1.08 bits per heavy atom. The molecule has 0 N–H and O–H groups in total. The summed E-state index contributed by atoms with van der Waals surface area (Å²) in [6.45, 7) is 2.15. The number of carbonyl (C=O) groups excluding carboxylic acids is 1. The number of hydrogen-bond acceptors (Lipinski definition) is 2. The van der Waals surface area contributed by atoms with Gasteiger partial charge in [-0.3, -0.25) is 4.79 Å². The third-order valence-electron chi connectivity index (χ3n) is 4.15. The first-order valence-electron chi connectivity index (χ1n) is 8.24. The Balaban J connectivity index is 1.90. The second-order valence-electron chi connectivity index (χ2n) is 5.90. The molecule has 1 amide bonds. The Kier molecular flexibility index (Phi) is 4.97. The summed E-state index contributed by atoms with van der Waals surface area (Å²) in [5, 5.41) is 0. The molecular formula is C19H18F3N3O. The number of nitrogens with zero attached hydrogens (tertiary/aromatic N) is 3. The molecule has 0 aliphatic carbocycles. The molecule has 1 aromatic heterocycles. The average Bonchev–Trinajstić information content (AvgIpc) is 2.99. The van der Waals surface area contributed by atoms with Gasteiger partial charge in [-0.1, -0.05) is 42.5 Å². The monoisotopic (exact) mass is 361 g/mol. The molecule has 1 heterocycles. The van der Waals surface area contributed by atoms with Crippen molar-refractivity contribution in [3.05, 3.63) is 66.0 Å². The summed E-state index contributed by atoms with van der Waals surface area (Å²) < 4.78 is 41.0. The second kappa shape index (κ2) is 7.19. The molecule has 26 heavy (non-hydrogen) atoms. The molecule has 0 radical (unpaired) electrons. The first-order chi connectivity index (χ1) is 12.4. The molecule has 3 aromatic rings. The highest BCUT2D eigenvalue weighted by molar-refractivity contribution is 5.81. The Labute approximate surface area is 148 Å². The average molecular weight is 361 g/mol. The summed E-state index contributed by atoms with van der Waals surface area (Å²) in [5.74, 6) is -1.44. The second-order valence-corrected chi connectivity index (χ2v) is 5.90. The molecule has 2 aromatic carbocycles. The van der Waals surface area contributed by atoms with Crippen LogP contribution in [0.5, 0.6) is 0 Å². The van der Waals surface area contributed by atoms with Crippen molar-refractivity contribution in [1.29, 1.82) is 0 Å². The number of imidazole rings is 1. The van der Waals surface area contributed by atoms with Crippen LogP contribution in [0, 0.1) is 0 Å². The van der Waals surface area contributed by atoms with Gasteiger partial charge in [0.1, 0.15) is 6.54 Å². The summed E-state index contributed by atoms with van der Waals surface area (Å²) in [6.07, 6.45) is -4.63. The van der Waals surface area contributed by atoms with E-state index < -0.39 is 18.5 Å². The fraction of sp³-hybridized carbons (Fsp3) is 0.263. The smallest absolute Gasteiger partial charge is 0.337 e. The van der Waals surface area contributed by atoms with Crippen molar-refractivity contribution in [1.82, 2.24) is 14.5 Å². The molecule has 0 spiro atoms. The molecule has 0 fully saturated rings. The van der Waals surface area contributed by atoms with Crippen LogP contribution >= 0.6 is 0 Å². The van der Waals surface area contributed by atoms with Crippen LogP contribution in [0.1, 0.15) is 18.3 Å². The zero-order valence-corrected chi connectivity index (χ0v) is 14.2. The van der Waals surface area contributed by atoms with E-state index >= 15 is 0 Å². The molecule has 0 bridgehead atoms. The number of para-hydroxylation sites is 2. The van der Waals surface area contributed by atoms with Gasteiger partial charge in [0.05, 0.1) is 11.0 Å². The normalized spacial score (nSPS) is 11.7. The minimum Gasteiger partial charge on any atom is -0.337 e. The number of fused-ring (bicyclic) bond motifs is 1. The van der Waals surface area contributed by atoms with E-state index in [1.807, 2.05) is 30.3 Å². The Hall–Kier alpha value is -2.83. The standard InChI is InChI=1S/C19H18F3N3O/c1-2-24(12-14-8-4-3-5-9-14)17(26)13-25-16-11-7-6-10-15(16)23-18(25)19(20,21)22/h3-11H,2,12-13H2,1H3. The van der Waals surface area contributed by atoms with Crippen LogP contribution in [0.15, 0.2) is 54.6 Å². The number of rotatable bonds is 5. The topological polar surface area (TPSA) is 38.1 Å². The zero-order chi connectivity index (χ0) is 18.7. The number of amides is 1. The van der Waals surface area contributed by atoms with Crippen molar-refractivity contribution < 1.29 is 18.0 Å². The third kappa shape index (κ3) is 3.71. The molecule has 0 aliphatic rings. The van der Waals surface area contributed by atoms with Crippen molar-refractivity contribution in [3.8, 4) is 0 Å². The van der Waals surface area contributed by atoms with Crippen LogP contribution in [0.3, 0.4) is 0 Å². The summed E-state index contributed by atoms with van der Waals surface area (Å²) in [5.41, 5.74) is 1.44. The molecule has 4 nitrogen and oxygen atoms in total. The lowest BCUT2D eigenvalue weighted by molar-refractivity contribution is -0.148. The third-order valence-corrected chi connectivity index (χ3v) is 4.15. The van der Waals surface area contributed by atoms with Crippen molar-refractivity contribution >= 4 is 16.9 Å². The van der Waals surface area contributed by atoms with Crippen LogP contribution in [0.4, 0.5) is 13.2 Å². The Morgan fingerprint density at radius 2 is 1.73 bits per heavy atom. The van der Waals surface area contributed by atoms with Gasteiger partial charge in [-0.25, -0.2) is 4.98 Å². The number of likely N-dealkylation sites (N-methyl/N-ethyl adjacent to an activating group) is 1. The first-order valence-corrected chi connectivity index (χ1v) is 8.24. The number of halogens is 3. The Bertz CT molecular complexity index is 903. The maximum atomic E-state index is 13.4. The van der Waals surface area contributed by atoms with Crippen LogP contribution in [0.2, 0.25) is 0 Å². The van der Waals surface area contributed by atoms with Crippen molar-refractivity contribution in [3.63, 3.8) is 0 Å². The maximum Gasteiger partial charge on any atom is 0.449 e. The lowest BCUT2D eigenvalue weighted by atomic mass is 10.2. The first kappa shape index (κ1) is 18.0. The predicted molar refractivity (Wildman–Crippen MR) is 92.3 cm³/mol. The van der Waals surface area contributed by atoms with Crippen molar-refractivity contribution in [2.24, 2.45) is 0 Å². The van der Waals surface area contributed by atoms with Gasteiger partial charge in [0.25, 0.3) is 0 Å². The van der Waals surface area contributed by atoms with E-state index in [1.54, 1.807) is 25.1 Å².